The monoisotopic (exact) mass is 402 g/mol. The molecular weight excluding hydrogens is 380 g/mol. The summed E-state index contributed by atoms with van der Waals surface area (Å²) in [4.78, 5) is 0.245. The number of ether oxygens (including phenoxy) is 3. The number of rotatable bonds is 4. The fraction of sp³-hybridized carbons (Fsp3) is 0.350. The molecule has 0 amide bonds. The molecule has 28 heavy (non-hydrogen) atoms. The Morgan fingerprint density at radius 3 is 2.64 bits per heavy atom. The number of hydrogen-bond acceptors (Lipinski definition) is 7. The third-order valence-corrected chi connectivity index (χ3v) is 5.54. The van der Waals surface area contributed by atoms with Crippen LogP contribution in [0.15, 0.2) is 46.9 Å². The number of oxazole rings is 1. The number of nitrogens with two attached hydrogens (primary N) is 1. The Hall–Kier alpha value is -2.39. The first-order chi connectivity index (χ1) is 13.4. The molecule has 0 fully saturated rings. The molecule has 148 valence electrons. The van der Waals surface area contributed by atoms with Crippen LogP contribution in [0.4, 0.5) is 5.69 Å². The van der Waals surface area contributed by atoms with Crippen LogP contribution in [0.3, 0.4) is 0 Å². The van der Waals surface area contributed by atoms with Crippen LogP contribution in [0.1, 0.15) is 18.5 Å². The standard InChI is InChI=1S/C20H22N2O5S/c1-20(18(24-2)25-3)17(23)16(12-10-11(21)8-9-14(12)27-20)22-13-6-4-5-7-15(13)26-19(22)28/h4-10,16-18,23H,21H2,1-3H3/t16-,17+,20-/m0/s1. The van der Waals surface area contributed by atoms with Crippen molar-refractivity contribution in [3.05, 3.63) is 52.9 Å². The van der Waals surface area contributed by atoms with Crippen LogP contribution in [-0.4, -0.2) is 41.9 Å². The van der Waals surface area contributed by atoms with Gasteiger partial charge in [-0.1, -0.05) is 12.1 Å². The lowest BCUT2D eigenvalue weighted by Gasteiger charge is -2.46. The maximum Gasteiger partial charge on any atom is 0.270 e. The molecule has 3 N–H and O–H groups in total. The van der Waals surface area contributed by atoms with Gasteiger partial charge in [0.2, 0.25) is 0 Å². The summed E-state index contributed by atoms with van der Waals surface area (Å²) in [5.74, 6) is 0.568. The lowest BCUT2D eigenvalue weighted by atomic mass is 9.84. The zero-order chi connectivity index (χ0) is 20.1. The van der Waals surface area contributed by atoms with Gasteiger partial charge in [-0.05, 0) is 49.5 Å². The SMILES string of the molecule is COC(OC)[C@@]1(C)Oc2ccc(N)cc2[C@H](n2c(=S)oc3ccccc32)[C@H]1O. The second-order valence-corrected chi connectivity index (χ2v) is 7.33. The average Bonchev–Trinajstić information content (AvgIpc) is 3.00. The van der Waals surface area contributed by atoms with Crippen molar-refractivity contribution in [3.63, 3.8) is 0 Å². The summed E-state index contributed by atoms with van der Waals surface area (Å²) in [6.45, 7) is 1.74. The second-order valence-electron chi connectivity index (χ2n) is 6.98. The fourth-order valence-corrected chi connectivity index (χ4v) is 4.25. The number of para-hydroxylation sites is 2. The highest BCUT2D eigenvalue weighted by atomic mass is 32.1. The van der Waals surface area contributed by atoms with Gasteiger partial charge in [-0.3, -0.25) is 4.57 Å². The maximum absolute atomic E-state index is 11.5. The molecule has 1 aliphatic rings. The number of methoxy groups -OCH3 is 2. The molecule has 0 unspecified atom stereocenters. The Morgan fingerprint density at radius 1 is 1.21 bits per heavy atom. The Kier molecular flexibility index (Phi) is 4.67. The topological polar surface area (TPSA) is 92.0 Å². The minimum absolute atomic E-state index is 0.245. The van der Waals surface area contributed by atoms with Crippen LogP contribution in [0.5, 0.6) is 5.75 Å². The molecule has 2 heterocycles. The van der Waals surface area contributed by atoms with E-state index in [1.165, 1.54) is 14.2 Å². The smallest absolute Gasteiger partial charge is 0.270 e. The summed E-state index contributed by atoms with van der Waals surface area (Å²) in [7, 11) is 3.00. The molecule has 0 radical (unpaired) electrons. The predicted octanol–water partition coefficient (Wildman–Crippen LogP) is 3.27. The molecular formula is C20H22N2O5S. The summed E-state index contributed by atoms with van der Waals surface area (Å²) in [5, 5.41) is 11.5. The normalized spacial score (nSPS) is 24.3. The highest BCUT2D eigenvalue weighted by Gasteiger charge is 2.53. The van der Waals surface area contributed by atoms with Crippen molar-refractivity contribution in [2.24, 2.45) is 0 Å². The molecule has 1 aromatic heterocycles. The highest BCUT2D eigenvalue weighted by Crippen LogP contribution is 2.46. The van der Waals surface area contributed by atoms with Crippen LogP contribution in [0.2, 0.25) is 0 Å². The van der Waals surface area contributed by atoms with Gasteiger partial charge in [0.15, 0.2) is 17.5 Å². The van der Waals surface area contributed by atoms with Gasteiger partial charge >= 0.3 is 0 Å². The number of anilines is 1. The average molecular weight is 402 g/mol. The summed E-state index contributed by atoms with van der Waals surface area (Å²) in [6.07, 6.45) is -1.89. The van der Waals surface area contributed by atoms with Gasteiger partial charge in [0.05, 0.1) is 11.6 Å². The Labute approximate surface area is 167 Å². The van der Waals surface area contributed by atoms with E-state index in [1.54, 1.807) is 29.7 Å². The molecule has 3 atom stereocenters. The van der Waals surface area contributed by atoms with Crippen molar-refractivity contribution in [2.75, 3.05) is 20.0 Å². The van der Waals surface area contributed by atoms with Crippen LogP contribution >= 0.6 is 12.2 Å². The molecule has 0 bridgehead atoms. The van der Waals surface area contributed by atoms with Gasteiger partial charge < -0.3 is 29.5 Å². The van der Waals surface area contributed by atoms with E-state index in [1.807, 2.05) is 24.3 Å². The van der Waals surface area contributed by atoms with Crippen molar-refractivity contribution < 1.29 is 23.7 Å². The summed E-state index contributed by atoms with van der Waals surface area (Å²) in [5.41, 5.74) is 7.48. The minimum Gasteiger partial charge on any atom is -0.479 e. The van der Waals surface area contributed by atoms with E-state index in [4.69, 9.17) is 36.6 Å². The molecule has 7 nitrogen and oxygen atoms in total. The zero-order valence-electron chi connectivity index (χ0n) is 15.8. The number of hydrogen-bond donors (Lipinski definition) is 2. The van der Waals surface area contributed by atoms with Crippen LogP contribution in [0.25, 0.3) is 11.1 Å². The van der Waals surface area contributed by atoms with E-state index in [0.717, 1.165) is 5.52 Å². The summed E-state index contributed by atoms with van der Waals surface area (Å²) < 4.78 is 24.6. The van der Waals surface area contributed by atoms with Crippen molar-refractivity contribution >= 4 is 29.0 Å². The van der Waals surface area contributed by atoms with Gasteiger partial charge in [-0.15, -0.1) is 0 Å². The third kappa shape index (κ3) is 2.72. The van der Waals surface area contributed by atoms with E-state index in [2.05, 4.69) is 0 Å². The number of aromatic nitrogens is 1. The van der Waals surface area contributed by atoms with Gasteiger partial charge in [0.25, 0.3) is 4.84 Å². The van der Waals surface area contributed by atoms with E-state index in [0.29, 0.717) is 22.6 Å². The van der Waals surface area contributed by atoms with Crippen molar-refractivity contribution in [1.29, 1.82) is 0 Å². The number of aliphatic hydroxyl groups is 1. The van der Waals surface area contributed by atoms with E-state index >= 15 is 0 Å². The summed E-state index contributed by atoms with van der Waals surface area (Å²) in [6, 6.07) is 12.2. The zero-order valence-corrected chi connectivity index (χ0v) is 16.6. The van der Waals surface area contributed by atoms with Gasteiger partial charge in [0, 0.05) is 25.5 Å². The second kappa shape index (κ2) is 6.89. The first-order valence-electron chi connectivity index (χ1n) is 8.83. The third-order valence-electron chi connectivity index (χ3n) is 5.26. The molecule has 3 aromatic rings. The molecule has 0 saturated heterocycles. The van der Waals surface area contributed by atoms with E-state index in [9.17, 15) is 5.11 Å². The molecule has 0 saturated carbocycles. The Bertz CT molecular complexity index is 1070. The highest BCUT2D eigenvalue weighted by molar-refractivity contribution is 7.71. The maximum atomic E-state index is 11.5. The van der Waals surface area contributed by atoms with Crippen LogP contribution in [-0.2, 0) is 9.47 Å². The molecule has 1 aliphatic heterocycles. The molecule has 2 aromatic carbocycles. The van der Waals surface area contributed by atoms with Gasteiger partial charge in [-0.25, -0.2) is 0 Å². The number of nitrogens with zero attached hydrogens (tertiary/aromatic N) is 1. The molecule has 0 spiro atoms. The predicted molar refractivity (Wildman–Crippen MR) is 107 cm³/mol. The number of benzene rings is 2. The van der Waals surface area contributed by atoms with Crippen molar-refractivity contribution in [2.45, 2.75) is 31.0 Å². The Morgan fingerprint density at radius 2 is 1.93 bits per heavy atom. The Balaban J connectivity index is 2.00. The number of nitrogen functional groups attached to an aromatic ring is 1. The first-order valence-corrected chi connectivity index (χ1v) is 9.23. The lowest BCUT2D eigenvalue weighted by molar-refractivity contribution is -0.238. The largest absolute Gasteiger partial charge is 0.479 e. The minimum atomic E-state index is -1.20. The molecule has 4 rings (SSSR count). The van der Waals surface area contributed by atoms with E-state index < -0.39 is 24.0 Å². The molecule has 8 heteroatoms. The van der Waals surface area contributed by atoms with E-state index in [-0.39, 0.29) is 4.84 Å². The quantitative estimate of drug-likeness (QED) is 0.393. The van der Waals surface area contributed by atoms with Crippen LogP contribution in [0, 0.1) is 4.84 Å². The van der Waals surface area contributed by atoms with Gasteiger partial charge in [-0.2, -0.15) is 0 Å². The van der Waals surface area contributed by atoms with Crippen molar-refractivity contribution in [3.8, 4) is 5.75 Å². The first kappa shape index (κ1) is 18.9. The molecule has 0 aliphatic carbocycles. The number of aliphatic hydroxyl groups excluding tert-OH is 1. The summed E-state index contributed by atoms with van der Waals surface area (Å²) >= 11 is 5.50. The van der Waals surface area contributed by atoms with Crippen molar-refractivity contribution in [1.82, 2.24) is 4.57 Å². The fourth-order valence-electron chi connectivity index (χ4n) is 3.95. The number of fused-ring (bicyclic) bond motifs is 2. The van der Waals surface area contributed by atoms with Gasteiger partial charge in [0.1, 0.15) is 11.9 Å². The van der Waals surface area contributed by atoms with Crippen LogP contribution < -0.4 is 10.5 Å². The lowest BCUT2D eigenvalue weighted by Crippen LogP contribution is -2.60.